The van der Waals surface area contributed by atoms with E-state index in [0.717, 1.165) is 5.56 Å². The second-order valence-electron chi connectivity index (χ2n) is 4.06. The lowest BCUT2D eigenvalue weighted by Crippen LogP contribution is -2.23. The third-order valence-corrected chi connectivity index (χ3v) is 3.41. The van der Waals surface area contributed by atoms with E-state index in [1.165, 1.54) is 19.2 Å². The van der Waals surface area contributed by atoms with Crippen molar-refractivity contribution >= 4 is 17.6 Å². The van der Waals surface area contributed by atoms with Gasteiger partial charge in [0.2, 0.25) is 0 Å². The highest BCUT2D eigenvalue weighted by atomic mass is 35.5. The normalized spacial score (nSPS) is 23.7. The molecule has 0 bridgehead atoms. The van der Waals surface area contributed by atoms with Crippen molar-refractivity contribution in [3.63, 3.8) is 0 Å². The molecule has 0 aromatic heterocycles. The van der Waals surface area contributed by atoms with Crippen LogP contribution in [0.15, 0.2) is 18.2 Å². The minimum absolute atomic E-state index is 0.0597. The molecule has 1 aliphatic heterocycles. The lowest BCUT2D eigenvalue weighted by atomic mass is 9.89. The van der Waals surface area contributed by atoms with Gasteiger partial charge in [-0.2, -0.15) is 0 Å². The first kappa shape index (κ1) is 12.3. The van der Waals surface area contributed by atoms with E-state index < -0.39 is 0 Å². The predicted molar refractivity (Wildman–Crippen MR) is 62.5 cm³/mol. The first-order valence-electron chi connectivity index (χ1n) is 5.37. The van der Waals surface area contributed by atoms with Gasteiger partial charge in [0.05, 0.1) is 13.0 Å². The Bertz CT molecular complexity index is 439. The Morgan fingerprint density at radius 3 is 2.94 bits per heavy atom. The fourth-order valence-electron chi connectivity index (χ4n) is 2.21. The van der Waals surface area contributed by atoms with E-state index in [4.69, 9.17) is 16.3 Å². The second kappa shape index (κ2) is 5.02. The molecule has 0 amide bonds. The van der Waals surface area contributed by atoms with E-state index in [-0.39, 0.29) is 23.6 Å². The van der Waals surface area contributed by atoms with Crippen LogP contribution in [0.2, 0.25) is 5.02 Å². The second-order valence-corrected chi connectivity index (χ2v) is 4.47. The van der Waals surface area contributed by atoms with E-state index in [2.05, 4.69) is 5.32 Å². The fraction of sp³-hybridized carbons (Fsp3) is 0.417. The van der Waals surface area contributed by atoms with Crippen LogP contribution in [0, 0.1) is 11.7 Å². The highest BCUT2D eigenvalue weighted by Crippen LogP contribution is 2.33. The molecule has 1 N–H and O–H groups in total. The predicted octanol–water partition coefficient (Wildman–Crippen LogP) is 1.96. The molecule has 0 aliphatic carbocycles. The van der Waals surface area contributed by atoms with Gasteiger partial charge in [0, 0.05) is 24.0 Å². The van der Waals surface area contributed by atoms with Crippen molar-refractivity contribution < 1.29 is 13.9 Å². The smallest absolute Gasteiger partial charge is 0.310 e. The number of nitrogens with one attached hydrogen (secondary N) is 1. The molecule has 1 aliphatic rings. The molecule has 1 aromatic carbocycles. The summed E-state index contributed by atoms with van der Waals surface area (Å²) < 4.78 is 17.7. The summed E-state index contributed by atoms with van der Waals surface area (Å²) in [7, 11) is 1.37. The highest BCUT2D eigenvalue weighted by molar-refractivity contribution is 6.31. The monoisotopic (exact) mass is 257 g/mol. The molecule has 2 unspecified atom stereocenters. The van der Waals surface area contributed by atoms with Crippen molar-refractivity contribution in [3.8, 4) is 0 Å². The van der Waals surface area contributed by atoms with Gasteiger partial charge in [-0.15, -0.1) is 0 Å². The van der Waals surface area contributed by atoms with E-state index >= 15 is 0 Å². The van der Waals surface area contributed by atoms with Crippen LogP contribution in [0.4, 0.5) is 4.39 Å². The molecule has 1 aromatic rings. The molecule has 92 valence electrons. The topological polar surface area (TPSA) is 38.3 Å². The number of carbonyl (C=O) groups is 1. The highest BCUT2D eigenvalue weighted by Gasteiger charge is 2.35. The molecule has 2 rings (SSSR count). The third kappa shape index (κ3) is 2.42. The Hall–Kier alpha value is -1.13. The van der Waals surface area contributed by atoms with Gasteiger partial charge in [-0.1, -0.05) is 17.7 Å². The van der Waals surface area contributed by atoms with Crippen molar-refractivity contribution in [1.29, 1.82) is 0 Å². The number of benzene rings is 1. The molecule has 2 atom stereocenters. The number of halogens is 2. The average Bonchev–Trinajstić information content (AvgIpc) is 2.77. The van der Waals surface area contributed by atoms with E-state index in [1.807, 2.05) is 0 Å². The molecule has 3 nitrogen and oxygen atoms in total. The number of esters is 1. The van der Waals surface area contributed by atoms with Crippen molar-refractivity contribution in [1.82, 2.24) is 5.32 Å². The molecular weight excluding hydrogens is 245 g/mol. The van der Waals surface area contributed by atoms with Gasteiger partial charge in [-0.3, -0.25) is 4.79 Å². The molecular formula is C12H13ClFNO2. The van der Waals surface area contributed by atoms with Crippen molar-refractivity contribution in [3.05, 3.63) is 34.6 Å². The lowest BCUT2D eigenvalue weighted by molar-refractivity contribution is -0.145. The summed E-state index contributed by atoms with van der Waals surface area (Å²) >= 11 is 6.00. The van der Waals surface area contributed by atoms with Crippen LogP contribution in [-0.4, -0.2) is 26.2 Å². The molecule has 0 saturated carbocycles. The maximum absolute atomic E-state index is 13.0. The van der Waals surface area contributed by atoms with Gasteiger partial charge < -0.3 is 10.1 Å². The van der Waals surface area contributed by atoms with Gasteiger partial charge in [-0.25, -0.2) is 4.39 Å². The standard InChI is InChI=1S/C12H13ClFNO2/c1-17-12(16)10-6-15-5-9(10)8-3-2-7(14)4-11(8)13/h2-4,9-10,15H,5-6H2,1H3. The molecule has 5 heteroatoms. The van der Waals surface area contributed by atoms with Crippen LogP contribution in [0.25, 0.3) is 0 Å². The average molecular weight is 258 g/mol. The number of methoxy groups -OCH3 is 1. The van der Waals surface area contributed by atoms with E-state index in [9.17, 15) is 9.18 Å². The molecule has 17 heavy (non-hydrogen) atoms. The Balaban J connectivity index is 2.29. The van der Waals surface area contributed by atoms with E-state index in [0.29, 0.717) is 18.1 Å². The van der Waals surface area contributed by atoms with Crippen LogP contribution in [0.5, 0.6) is 0 Å². The summed E-state index contributed by atoms with van der Waals surface area (Å²) in [6.07, 6.45) is 0. The first-order valence-corrected chi connectivity index (χ1v) is 5.74. The summed E-state index contributed by atoms with van der Waals surface area (Å²) in [4.78, 5) is 11.6. The Labute approximate surface area is 104 Å². The molecule has 1 fully saturated rings. The number of ether oxygens (including phenoxy) is 1. The molecule has 1 saturated heterocycles. The van der Waals surface area contributed by atoms with E-state index in [1.54, 1.807) is 6.07 Å². The van der Waals surface area contributed by atoms with Gasteiger partial charge in [0.15, 0.2) is 0 Å². The molecule has 0 spiro atoms. The van der Waals surface area contributed by atoms with Crippen molar-refractivity contribution in [2.75, 3.05) is 20.2 Å². The summed E-state index contributed by atoms with van der Waals surface area (Å²) in [5.41, 5.74) is 0.786. The van der Waals surface area contributed by atoms with Crippen LogP contribution in [0.3, 0.4) is 0 Å². The Morgan fingerprint density at radius 2 is 2.29 bits per heavy atom. The largest absolute Gasteiger partial charge is 0.469 e. The van der Waals surface area contributed by atoms with Gasteiger partial charge in [0.25, 0.3) is 0 Å². The zero-order chi connectivity index (χ0) is 12.4. The number of hydrogen-bond donors (Lipinski definition) is 1. The minimum Gasteiger partial charge on any atom is -0.469 e. The maximum Gasteiger partial charge on any atom is 0.310 e. The SMILES string of the molecule is COC(=O)C1CNCC1c1ccc(F)cc1Cl. The lowest BCUT2D eigenvalue weighted by Gasteiger charge is -2.17. The van der Waals surface area contributed by atoms with Crippen LogP contribution in [0.1, 0.15) is 11.5 Å². The molecule has 0 radical (unpaired) electrons. The third-order valence-electron chi connectivity index (χ3n) is 3.08. The van der Waals surface area contributed by atoms with Crippen LogP contribution < -0.4 is 5.32 Å². The van der Waals surface area contributed by atoms with Crippen LogP contribution >= 0.6 is 11.6 Å². The minimum atomic E-state index is -0.376. The zero-order valence-electron chi connectivity index (χ0n) is 9.37. The summed E-state index contributed by atoms with van der Waals surface area (Å²) in [6.45, 7) is 1.20. The Morgan fingerprint density at radius 1 is 1.53 bits per heavy atom. The van der Waals surface area contributed by atoms with Gasteiger partial charge in [-0.05, 0) is 17.7 Å². The number of rotatable bonds is 2. The van der Waals surface area contributed by atoms with Crippen molar-refractivity contribution in [2.45, 2.75) is 5.92 Å². The first-order chi connectivity index (χ1) is 8.13. The fourth-order valence-corrected chi connectivity index (χ4v) is 2.51. The quantitative estimate of drug-likeness (QED) is 0.823. The number of hydrogen-bond acceptors (Lipinski definition) is 3. The summed E-state index contributed by atoms with van der Waals surface area (Å²) in [5, 5.41) is 3.48. The number of carbonyl (C=O) groups excluding carboxylic acids is 1. The van der Waals surface area contributed by atoms with Crippen molar-refractivity contribution in [2.24, 2.45) is 5.92 Å². The summed E-state index contributed by atoms with van der Waals surface area (Å²) in [6, 6.07) is 4.25. The summed E-state index contributed by atoms with van der Waals surface area (Å²) in [5.74, 6) is -0.960. The zero-order valence-corrected chi connectivity index (χ0v) is 10.1. The Kier molecular flexibility index (Phi) is 3.64. The van der Waals surface area contributed by atoms with Crippen LogP contribution in [-0.2, 0) is 9.53 Å². The molecule has 1 heterocycles. The van der Waals surface area contributed by atoms with Gasteiger partial charge >= 0.3 is 5.97 Å². The van der Waals surface area contributed by atoms with Gasteiger partial charge in [0.1, 0.15) is 5.82 Å². The maximum atomic E-state index is 13.0.